The first-order valence-electron chi connectivity index (χ1n) is 9.63. The maximum absolute atomic E-state index is 12.7. The molecule has 0 atom stereocenters. The maximum Gasteiger partial charge on any atom is 0.270 e. The van der Waals surface area contributed by atoms with Gasteiger partial charge in [0.05, 0.1) is 7.11 Å². The Morgan fingerprint density at radius 3 is 2.55 bits per heavy atom. The molecule has 2 aromatic carbocycles. The van der Waals surface area contributed by atoms with Gasteiger partial charge in [-0.15, -0.1) is 0 Å². The van der Waals surface area contributed by atoms with Crippen LogP contribution in [0.1, 0.15) is 39.9 Å². The number of anilines is 2. The molecule has 0 aliphatic heterocycles. The molecule has 2 N–H and O–H groups in total. The van der Waals surface area contributed by atoms with Gasteiger partial charge in [-0.1, -0.05) is 43.3 Å². The fourth-order valence-electron chi connectivity index (χ4n) is 3.19. The van der Waals surface area contributed by atoms with Gasteiger partial charge in [-0.05, 0) is 37.5 Å². The second-order valence-corrected chi connectivity index (χ2v) is 6.77. The molecule has 1 aromatic heterocycles. The highest BCUT2D eigenvalue weighted by Gasteiger charge is 2.13. The van der Waals surface area contributed by atoms with Crippen molar-refractivity contribution in [2.75, 3.05) is 12.4 Å². The molecule has 3 aromatic rings. The van der Waals surface area contributed by atoms with Gasteiger partial charge >= 0.3 is 0 Å². The predicted molar refractivity (Wildman–Crippen MR) is 115 cm³/mol. The number of nitrogens with zero attached hydrogens (tertiary/aromatic N) is 2. The van der Waals surface area contributed by atoms with Crippen molar-refractivity contribution in [1.29, 1.82) is 0 Å². The van der Waals surface area contributed by atoms with Crippen LogP contribution in [0.4, 0.5) is 11.5 Å². The SMILES string of the molecule is CCc1cccc(C)c1Nc1cc(C(=O)NCc2ccccc2OC)nc(C)n1. The van der Waals surface area contributed by atoms with Gasteiger partial charge < -0.3 is 15.4 Å². The number of ether oxygens (including phenoxy) is 1. The highest BCUT2D eigenvalue weighted by molar-refractivity contribution is 5.93. The first-order chi connectivity index (χ1) is 14.0. The first kappa shape index (κ1) is 20.3. The standard InChI is InChI=1S/C23H26N4O2/c1-5-17-11-8-9-15(2)22(17)27-21-13-19(25-16(3)26-21)23(28)24-14-18-10-6-7-12-20(18)29-4/h6-13H,5,14H2,1-4H3,(H,24,28)(H,25,26,27). The van der Waals surface area contributed by atoms with E-state index in [4.69, 9.17) is 4.74 Å². The Bertz CT molecular complexity index is 1020. The molecule has 0 saturated heterocycles. The number of benzene rings is 2. The summed E-state index contributed by atoms with van der Waals surface area (Å²) < 4.78 is 5.33. The van der Waals surface area contributed by atoms with Gasteiger partial charge in [-0.25, -0.2) is 9.97 Å². The normalized spacial score (nSPS) is 10.5. The van der Waals surface area contributed by atoms with Crippen molar-refractivity contribution < 1.29 is 9.53 Å². The molecular formula is C23H26N4O2. The Balaban J connectivity index is 1.79. The Hall–Kier alpha value is -3.41. The smallest absolute Gasteiger partial charge is 0.270 e. The molecule has 3 rings (SSSR count). The van der Waals surface area contributed by atoms with Crippen LogP contribution in [-0.4, -0.2) is 23.0 Å². The molecule has 29 heavy (non-hydrogen) atoms. The van der Waals surface area contributed by atoms with Crippen molar-refractivity contribution in [3.05, 3.63) is 76.7 Å². The lowest BCUT2D eigenvalue weighted by molar-refractivity contribution is 0.0945. The largest absolute Gasteiger partial charge is 0.496 e. The van der Waals surface area contributed by atoms with Gasteiger partial charge in [0.2, 0.25) is 0 Å². The summed E-state index contributed by atoms with van der Waals surface area (Å²) in [5.41, 5.74) is 4.57. The van der Waals surface area contributed by atoms with Crippen LogP contribution in [0.3, 0.4) is 0 Å². The molecule has 0 radical (unpaired) electrons. The van der Waals surface area contributed by atoms with Crippen molar-refractivity contribution in [1.82, 2.24) is 15.3 Å². The van der Waals surface area contributed by atoms with Crippen LogP contribution in [0.2, 0.25) is 0 Å². The van der Waals surface area contributed by atoms with Gasteiger partial charge in [-0.3, -0.25) is 4.79 Å². The van der Waals surface area contributed by atoms with E-state index in [2.05, 4.69) is 46.6 Å². The first-order valence-corrected chi connectivity index (χ1v) is 9.63. The molecule has 0 fully saturated rings. The van der Waals surface area contributed by atoms with Crippen LogP contribution >= 0.6 is 0 Å². The minimum absolute atomic E-state index is 0.259. The summed E-state index contributed by atoms with van der Waals surface area (Å²) in [6, 6.07) is 15.5. The third-order valence-electron chi connectivity index (χ3n) is 4.70. The van der Waals surface area contributed by atoms with Gasteiger partial charge in [0.1, 0.15) is 23.1 Å². The summed E-state index contributed by atoms with van der Waals surface area (Å²) in [7, 11) is 1.61. The number of carbonyl (C=O) groups is 1. The number of amides is 1. The molecule has 150 valence electrons. The molecular weight excluding hydrogens is 364 g/mol. The average Bonchev–Trinajstić information content (AvgIpc) is 2.73. The topological polar surface area (TPSA) is 76.1 Å². The molecule has 0 spiro atoms. The van der Waals surface area contributed by atoms with Crippen molar-refractivity contribution in [3.63, 3.8) is 0 Å². The van der Waals surface area contributed by atoms with Gasteiger partial charge in [0.15, 0.2) is 0 Å². The fourth-order valence-corrected chi connectivity index (χ4v) is 3.19. The summed E-state index contributed by atoms with van der Waals surface area (Å²) in [6.45, 7) is 6.30. The van der Waals surface area contributed by atoms with Crippen molar-refractivity contribution >= 4 is 17.4 Å². The van der Waals surface area contributed by atoms with Crippen molar-refractivity contribution in [2.24, 2.45) is 0 Å². The minimum atomic E-state index is -0.259. The Morgan fingerprint density at radius 2 is 1.79 bits per heavy atom. The number of aromatic nitrogens is 2. The third-order valence-corrected chi connectivity index (χ3v) is 4.70. The highest BCUT2D eigenvalue weighted by atomic mass is 16.5. The lowest BCUT2D eigenvalue weighted by Gasteiger charge is -2.14. The molecule has 0 saturated carbocycles. The number of rotatable bonds is 7. The van der Waals surface area contributed by atoms with E-state index < -0.39 is 0 Å². The lowest BCUT2D eigenvalue weighted by atomic mass is 10.1. The molecule has 6 nitrogen and oxygen atoms in total. The van der Waals surface area contributed by atoms with Gasteiger partial charge in [-0.2, -0.15) is 0 Å². The maximum atomic E-state index is 12.7. The number of carbonyl (C=O) groups excluding carboxylic acids is 1. The van der Waals surface area contributed by atoms with Crippen molar-refractivity contribution in [2.45, 2.75) is 33.7 Å². The van der Waals surface area contributed by atoms with E-state index in [0.29, 0.717) is 23.9 Å². The van der Waals surface area contributed by atoms with Gasteiger partial charge in [0, 0.05) is 23.9 Å². The summed E-state index contributed by atoms with van der Waals surface area (Å²) in [5, 5.41) is 6.27. The molecule has 0 unspecified atom stereocenters. The lowest BCUT2D eigenvalue weighted by Crippen LogP contribution is -2.24. The monoisotopic (exact) mass is 390 g/mol. The quantitative estimate of drug-likeness (QED) is 0.628. The van der Waals surface area contributed by atoms with E-state index in [9.17, 15) is 4.79 Å². The Morgan fingerprint density at radius 1 is 1.03 bits per heavy atom. The van der Waals surface area contributed by atoms with Gasteiger partial charge in [0.25, 0.3) is 5.91 Å². The van der Waals surface area contributed by atoms with Crippen LogP contribution in [0.25, 0.3) is 0 Å². The zero-order chi connectivity index (χ0) is 20.8. The van der Waals surface area contributed by atoms with Crippen LogP contribution < -0.4 is 15.4 Å². The second kappa shape index (κ2) is 9.19. The van der Waals surface area contributed by atoms with Crippen molar-refractivity contribution in [3.8, 4) is 5.75 Å². The van der Waals surface area contributed by atoms with E-state index in [1.807, 2.05) is 30.3 Å². The minimum Gasteiger partial charge on any atom is -0.496 e. The average molecular weight is 390 g/mol. The molecule has 0 aliphatic carbocycles. The molecule has 1 heterocycles. The van der Waals surface area contributed by atoms with Crippen LogP contribution in [-0.2, 0) is 13.0 Å². The van der Waals surface area contributed by atoms with E-state index >= 15 is 0 Å². The number of hydrogen-bond donors (Lipinski definition) is 2. The van der Waals surface area contributed by atoms with E-state index in [0.717, 1.165) is 29.0 Å². The van der Waals surface area contributed by atoms with Crippen LogP contribution in [0.15, 0.2) is 48.5 Å². The third kappa shape index (κ3) is 4.90. The molecule has 0 bridgehead atoms. The number of aryl methyl sites for hydroxylation is 3. The summed E-state index contributed by atoms with van der Waals surface area (Å²) >= 11 is 0. The van der Waals surface area contributed by atoms with E-state index in [1.165, 1.54) is 5.56 Å². The zero-order valence-corrected chi connectivity index (χ0v) is 17.2. The summed E-state index contributed by atoms with van der Waals surface area (Å²) in [5.74, 6) is 1.61. The number of hydrogen-bond acceptors (Lipinski definition) is 5. The fraction of sp³-hybridized carbons (Fsp3) is 0.261. The summed E-state index contributed by atoms with van der Waals surface area (Å²) in [6.07, 6.45) is 0.903. The Kier molecular flexibility index (Phi) is 6.44. The van der Waals surface area contributed by atoms with Crippen LogP contribution in [0.5, 0.6) is 5.75 Å². The Labute approximate surface area is 171 Å². The van der Waals surface area contributed by atoms with Crippen LogP contribution in [0, 0.1) is 13.8 Å². The number of para-hydroxylation sites is 2. The molecule has 1 amide bonds. The molecule has 6 heteroatoms. The highest BCUT2D eigenvalue weighted by Crippen LogP contribution is 2.25. The number of nitrogens with one attached hydrogen (secondary N) is 2. The zero-order valence-electron chi connectivity index (χ0n) is 17.2. The van der Waals surface area contributed by atoms with E-state index in [-0.39, 0.29) is 5.91 Å². The second-order valence-electron chi connectivity index (χ2n) is 6.77. The summed E-state index contributed by atoms with van der Waals surface area (Å²) in [4.78, 5) is 21.4. The molecule has 0 aliphatic rings. The number of methoxy groups -OCH3 is 1. The predicted octanol–water partition coefficient (Wildman–Crippen LogP) is 4.34. The van der Waals surface area contributed by atoms with E-state index in [1.54, 1.807) is 20.1 Å².